The van der Waals surface area contributed by atoms with Gasteiger partial charge in [-0.15, -0.1) is 0 Å². The molecule has 4 heteroatoms. The van der Waals surface area contributed by atoms with E-state index in [-0.39, 0.29) is 0 Å². The Morgan fingerprint density at radius 3 is 2.48 bits per heavy atom. The van der Waals surface area contributed by atoms with Crippen molar-refractivity contribution in [3.8, 4) is 0 Å². The van der Waals surface area contributed by atoms with Crippen LogP contribution < -0.4 is 5.32 Å². The van der Waals surface area contributed by atoms with Crippen LogP contribution in [0.4, 0.5) is 0 Å². The van der Waals surface area contributed by atoms with E-state index < -0.39 is 0 Å². The molecule has 0 aliphatic rings. The topological polar surface area (TPSA) is 29.9 Å². The molecule has 0 aliphatic carbocycles. The third-order valence-corrected chi connectivity index (χ3v) is 4.23. The highest BCUT2D eigenvalue weighted by Crippen LogP contribution is 2.22. The summed E-state index contributed by atoms with van der Waals surface area (Å²) in [5, 5.41) is 8.23. The molecule has 0 fully saturated rings. The van der Waals surface area contributed by atoms with Crippen LogP contribution in [0.25, 0.3) is 0 Å². The van der Waals surface area contributed by atoms with Crippen LogP contribution in [-0.2, 0) is 13.6 Å². The molecular formula is C17H24BrN3. The molecule has 1 atom stereocenters. The van der Waals surface area contributed by atoms with Crippen molar-refractivity contribution in [3.05, 3.63) is 51.8 Å². The maximum absolute atomic E-state index is 4.57. The number of nitrogens with one attached hydrogen (secondary N) is 1. The molecule has 0 amide bonds. The Bertz CT molecular complexity index is 572. The predicted molar refractivity (Wildman–Crippen MR) is 91.3 cm³/mol. The van der Waals surface area contributed by atoms with Crippen molar-refractivity contribution in [2.75, 3.05) is 0 Å². The smallest absolute Gasteiger partial charge is 0.0694 e. The molecule has 21 heavy (non-hydrogen) atoms. The van der Waals surface area contributed by atoms with Gasteiger partial charge in [-0.05, 0) is 30.0 Å². The van der Waals surface area contributed by atoms with E-state index in [1.54, 1.807) is 0 Å². The molecule has 114 valence electrons. The first-order chi connectivity index (χ1) is 10.0. The van der Waals surface area contributed by atoms with Gasteiger partial charge in [0.25, 0.3) is 0 Å². The molecule has 0 radical (unpaired) electrons. The summed E-state index contributed by atoms with van der Waals surface area (Å²) in [5.41, 5.74) is 3.81. The molecule has 0 saturated carbocycles. The van der Waals surface area contributed by atoms with Crippen LogP contribution >= 0.6 is 15.9 Å². The van der Waals surface area contributed by atoms with Crippen LogP contribution in [0.3, 0.4) is 0 Å². The first kappa shape index (κ1) is 16.2. The zero-order chi connectivity index (χ0) is 15.4. The van der Waals surface area contributed by atoms with Gasteiger partial charge >= 0.3 is 0 Å². The lowest BCUT2D eigenvalue weighted by Crippen LogP contribution is -2.20. The molecule has 1 aromatic heterocycles. The highest BCUT2D eigenvalue weighted by atomic mass is 79.9. The molecule has 1 heterocycles. The molecule has 2 rings (SSSR count). The third-order valence-electron chi connectivity index (χ3n) is 3.70. The van der Waals surface area contributed by atoms with Crippen molar-refractivity contribution < 1.29 is 0 Å². The second-order valence-electron chi connectivity index (χ2n) is 5.76. The summed E-state index contributed by atoms with van der Waals surface area (Å²) in [5.74, 6) is 0.454. The standard InChI is InChI=1S/C17H24BrN3/c1-5-16(13-6-8-15(18)9-7-13)19-10-14-11-21(4)20-17(14)12(2)3/h6-9,11-12,16,19H,5,10H2,1-4H3. The van der Waals surface area contributed by atoms with Crippen LogP contribution in [0.2, 0.25) is 0 Å². The van der Waals surface area contributed by atoms with Gasteiger partial charge in [0.05, 0.1) is 5.69 Å². The first-order valence-corrected chi connectivity index (χ1v) is 8.31. The number of aryl methyl sites for hydroxylation is 1. The van der Waals surface area contributed by atoms with Crippen molar-refractivity contribution in [2.45, 2.75) is 45.7 Å². The lowest BCUT2D eigenvalue weighted by atomic mass is 10.0. The van der Waals surface area contributed by atoms with Gasteiger partial charge in [0.1, 0.15) is 0 Å². The molecule has 0 bridgehead atoms. The maximum atomic E-state index is 4.57. The van der Waals surface area contributed by atoms with Crippen molar-refractivity contribution in [3.63, 3.8) is 0 Å². The monoisotopic (exact) mass is 349 g/mol. The van der Waals surface area contributed by atoms with Crippen molar-refractivity contribution in [2.24, 2.45) is 7.05 Å². The van der Waals surface area contributed by atoms with Gasteiger partial charge in [-0.25, -0.2) is 0 Å². The number of halogens is 1. The lowest BCUT2D eigenvalue weighted by Gasteiger charge is -2.18. The fourth-order valence-electron chi connectivity index (χ4n) is 2.60. The van der Waals surface area contributed by atoms with Crippen molar-refractivity contribution >= 4 is 15.9 Å². The number of aromatic nitrogens is 2. The lowest BCUT2D eigenvalue weighted by molar-refractivity contribution is 0.516. The summed E-state index contributed by atoms with van der Waals surface area (Å²) < 4.78 is 3.03. The molecule has 0 aliphatic heterocycles. The second-order valence-corrected chi connectivity index (χ2v) is 6.68. The average molecular weight is 350 g/mol. The quantitative estimate of drug-likeness (QED) is 0.829. The summed E-state index contributed by atoms with van der Waals surface area (Å²) in [4.78, 5) is 0. The Morgan fingerprint density at radius 2 is 1.90 bits per heavy atom. The van der Waals surface area contributed by atoms with Gasteiger partial charge in [-0.3, -0.25) is 4.68 Å². The van der Waals surface area contributed by atoms with Crippen LogP contribution in [0.15, 0.2) is 34.9 Å². The first-order valence-electron chi connectivity index (χ1n) is 7.52. The van der Waals surface area contributed by atoms with E-state index in [1.807, 2.05) is 11.7 Å². The maximum Gasteiger partial charge on any atom is 0.0694 e. The largest absolute Gasteiger partial charge is 0.306 e. The van der Waals surface area contributed by atoms with E-state index in [0.29, 0.717) is 12.0 Å². The predicted octanol–water partition coefficient (Wildman–Crippen LogP) is 4.55. The van der Waals surface area contributed by atoms with Crippen molar-refractivity contribution in [1.29, 1.82) is 0 Å². The van der Waals surface area contributed by atoms with Crippen molar-refractivity contribution in [1.82, 2.24) is 15.1 Å². The molecular weight excluding hydrogens is 326 g/mol. The highest BCUT2D eigenvalue weighted by Gasteiger charge is 2.14. The van der Waals surface area contributed by atoms with Gasteiger partial charge in [0.15, 0.2) is 0 Å². The van der Waals surface area contributed by atoms with E-state index in [9.17, 15) is 0 Å². The fourth-order valence-corrected chi connectivity index (χ4v) is 2.87. The summed E-state index contributed by atoms with van der Waals surface area (Å²) in [6.07, 6.45) is 3.19. The second kappa shape index (κ2) is 7.23. The highest BCUT2D eigenvalue weighted by molar-refractivity contribution is 9.10. The van der Waals surface area contributed by atoms with Gasteiger partial charge < -0.3 is 5.32 Å². The summed E-state index contributed by atoms with van der Waals surface area (Å²) in [6.45, 7) is 7.46. The number of rotatable bonds is 6. The Hall–Kier alpha value is -1.13. The summed E-state index contributed by atoms with van der Waals surface area (Å²) in [7, 11) is 1.99. The normalized spacial score (nSPS) is 12.9. The molecule has 1 aromatic carbocycles. The molecule has 1 N–H and O–H groups in total. The van der Waals surface area contributed by atoms with Gasteiger partial charge in [-0.1, -0.05) is 48.8 Å². The van der Waals surface area contributed by atoms with E-state index in [2.05, 4.69) is 77.6 Å². The minimum atomic E-state index is 0.373. The SMILES string of the molecule is CCC(NCc1cn(C)nc1C(C)C)c1ccc(Br)cc1. The van der Waals surface area contributed by atoms with E-state index in [4.69, 9.17) is 0 Å². The molecule has 1 unspecified atom stereocenters. The van der Waals surface area contributed by atoms with E-state index in [0.717, 1.165) is 17.4 Å². The van der Waals surface area contributed by atoms with E-state index in [1.165, 1.54) is 16.8 Å². The third kappa shape index (κ3) is 4.17. The molecule has 0 spiro atoms. The number of hydrogen-bond acceptors (Lipinski definition) is 2. The molecule has 3 nitrogen and oxygen atoms in total. The van der Waals surface area contributed by atoms with Gasteiger partial charge in [0.2, 0.25) is 0 Å². The van der Waals surface area contributed by atoms with Crippen LogP contribution in [0.5, 0.6) is 0 Å². The number of benzene rings is 1. The molecule has 0 saturated heterocycles. The zero-order valence-corrected chi connectivity index (χ0v) is 14.8. The Labute approximate surface area is 135 Å². The Kier molecular flexibility index (Phi) is 5.59. The van der Waals surface area contributed by atoms with Crippen LogP contribution in [0.1, 0.15) is 56.0 Å². The van der Waals surface area contributed by atoms with Crippen LogP contribution in [0, 0.1) is 0 Å². The van der Waals surface area contributed by atoms with Gasteiger partial charge in [0, 0.05) is 35.9 Å². The Balaban J connectivity index is 2.08. The van der Waals surface area contributed by atoms with E-state index >= 15 is 0 Å². The van der Waals surface area contributed by atoms with Crippen LogP contribution in [-0.4, -0.2) is 9.78 Å². The Morgan fingerprint density at radius 1 is 1.24 bits per heavy atom. The number of nitrogens with zero attached hydrogens (tertiary/aromatic N) is 2. The molecule has 2 aromatic rings. The minimum absolute atomic E-state index is 0.373. The van der Waals surface area contributed by atoms with Gasteiger partial charge in [-0.2, -0.15) is 5.10 Å². The summed E-state index contributed by atoms with van der Waals surface area (Å²) in [6, 6.07) is 8.93. The number of hydrogen-bond donors (Lipinski definition) is 1. The zero-order valence-electron chi connectivity index (χ0n) is 13.2. The minimum Gasteiger partial charge on any atom is -0.306 e. The fraction of sp³-hybridized carbons (Fsp3) is 0.471. The summed E-state index contributed by atoms with van der Waals surface area (Å²) >= 11 is 3.49. The average Bonchev–Trinajstić information content (AvgIpc) is 2.83.